The number of amides is 1. The summed E-state index contributed by atoms with van der Waals surface area (Å²) < 4.78 is 26.5. The van der Waals surface area contributed by atoms with Gasteiger partial charge in [0.25, 0.3) is 5.91 Å². The van der Waals surface area contributed by atoms with Crippen LogP contribution in [0.2, 0.25) is 0 Å². The highest BCUT2D eigenvalue weighted by molar-refractivity contribution is 7.89. The molecule has 0 aliphatic carbocycles. The van der Waals surface area contributed by atoms with Gasteiger partial charge < -0.3 is 20.1 Å². The normalized spacial score (nSPS) is 12.9. The molecule has 10 heteroatoms. The predicted molar refractivity (Wildman–Crippen MR) is 67.6 cm³/mol. The van der Waals surface area contributed by atoms with Crippen LogP contribution >= 0.6 is 0 Å². The number of carbonyl (C=O) groups is 2. The monoisotopic (exact) mass is 305 g/mol. The summed E-state index contributed by atoms with van der Waals surface area (Å²) in [5.41, 5.74) is 0.0245. The minimum atomic E-state index is -3.67. The van der Waals surface area contributed by atoms with E-state index in [1.54, 1.807) is 0 Å². The molecule has 1 rings (SSSR count). The molecule has 0 spiro atoms. The van der Waals surface area contributed by atoms with Gasteiger partial charge >= 0.3 is 5.97 Å². The average molecular weight is 305 g/mol. The van der Waals surface area contributed by atoms with E-state index in [4.69, 9.17) is 10.2 Å². The smallest absolute Gasteiger partial charge is 0.334 e. The Hall–Kier alpha value is -1.91. The number of carbonyl (C=O) groups excluding carboxylic acids is 1. The Morgan fingerprint density at radius 2 is 2.05 bits per heavy atom. The van der Waals surface area contributed by atoms with Gasteiger partial charge in [-0.3, -0.25) is 4.79 Å². The number of carboxylic acid groups (broad SMARTS) is 1. The van der Waals surface area contributed by atoms with Gasteiger partial charge in [0.1, 0.15) is 10.6 Å². The van der Waals surface area contributed by atoms with Crippen LogP contribution in [0.25, 0.3) is 0 Å². The summed E-state index contributed by atoms with van der Waals surface area (Å²) in [5, 5.41) is 19.7. The summed E-state index contributed by atoms with van der Waals surface area (Å²) in [6.45, 7) is -0.479. The Balaban J connectivity index is 2.88. The van der Waals surface area contributed by atoms with Gasteiger partial charge in [-0.1, -0.05) is 0 Å². The average Bonchev–Trinajstić information content (AvgIpc) is 2.78. The first-order chi connectivity index (χ1) is 9.19. The van der Waals surface area contributed by atoms with E-state index >= 15 is 0 Å². The largest absolute Gasteiger partial charge is 0.479 e. The molecule has 112 valence electrons. The third kappa shape index (κ3) is 3.56. The highest BCUT2D eigenvalue weighted by Crippen LogP contribution is 2.12. The molecule has 1 amide bonds. The molecule has 4 N–H and O–H groups in total. The summed E-state index contributed by atoms with van der Waals surface area (Å²) in [7, 11) is -0.962. The van der Waals surface area contributed by atoms with Gasteiger partial charge in [0.2, 0.25) is 10.0 Å². The van der Waals surface area contributed by atoms with Crippen molar-refractivity contribution in [1.29, 1.82) is 0 Å². The quantitative estimate of drug-likeness (QED) is 0.485. The lowest BCUT2D eigenvalue weighted by atomic mass is 10.3. The van der Waals surface area contributed by atoms with Gasteiger partial charge in [-0.05, 0) is 13.1 Å². The Bertz CT molecular complexity index is 621. The molecule has 1 unspecified atom stereocenters. The third-order valence-corrected chi connectivity index (χ3v) is 3.91. The van der Waals surface area contributed by atoms with Crippen LogP contribution in [0.1, 0.15) is 10.5 Å². The van der Waals surface area contributed by atoms with E-state index in [2.05, 4.69) is 10.0 Å². The molecule has 1 heterocycles. The van der Waals surface area contributed by atoms with Gasteiger partial charge in [0.05, 0.1) is 6.54 Å². The maximum absolute atomic E-state index is 11.8. The lowest BCUT2D eigenvalue weighted by molar-refractivity contribution is -0.146. The van der Waals surface area contributed by atoms with E-state index in [-0.39, 0.29) is 10.6 Å². The molecule has 20 heavy (non-hydrogen) atoms. The molecule has 0 aliphatic heterocycles. The van der Waals surface area contributed by atoms with Crippen molar-refractivity contribution in [3.05, 3.63) is 18.0 Å². The minimum absolute atomic E-state index is 0.0245. The van der Waals surface area contributed by atoms with Crippen molar-refractivity contribution >= 4 is 21.9 Å². The van der Waals surface area contributed by atoms with Gasteiger partial charge in [-0.2, -0.15) is 0 Å². The molecule has 0 bridgehead atoms. The second-order valence-corrected chi connectivity index (χ2v) is 5.83. The van der Waals surface area contributed by atoms with E-state index < -0.39 is 34.5 Å². The van der Waals surface area contributed by atoms with Crippen LogP contribution < -0.4 is 10.0 Å². The highest BCUT2D eigenvalue weighted by Gasteiger charge is 2.20. The second kappa shape index (κ2) is 6.03. The first-order valence-corrected chi connectivity index (χ1v) is 6.96. The zero-order valence-corrected chi connectivity index (χ0v) is 11.6. The van der Waals surface area contributed by atoms with Crippen LogP contribution in [0.3, 0.4) is 0 Å². The predicted octanol–water partition coefficient (Wildman–Crippen LogP) is -1.89. The summed E-state index contributed by atoms with van der Waals surface area (Å²) in [6.07, 6.45) is -0.478. The molecule has 9 nitrogen and oxygen atoms in total. The number of rotatable bonds is 6. The van der Waals surface area contributed by atoms with Crippen LogP contribution in [-0.2, 0) is 21.9 Å². The van der Waals surface area contributed by atoms with Crippen LogP contribution in [0, 0.1) is 0 Å². The Morgan fingerprint density at radius 1 is 1.45 bits per heavy atom. The summed E-state index contributed by atoms with van der Waals surface area (Å²) in [4.78, 5) is 22.1. The van der Waals surface area contributed by atoms with E-state index in [1.807, 2.05) is 0 Å². The number of aliphatic hydroxyl groups is 1. The zero-order chi connectivity index (χ0) is 15.5. The lowest BCUT2D eigenvalue weighted by Gasteiger charge is -2.07. The van der Waals surface area contributed by atoms with Crippen LogP contribution in [-0.4, -0.2) is 54.8 Å². The van der Waals surface area contributed by atoms with Crippen molar-refractivity contribution in [2.24, 2.45) is 7.05 Å². The highest BCUT2D eigenvalue weighted by atomic mass is 32.2. The number of aliphatic carboxylic acids is 1. The molecule has 0 aliphatic rings. The van der Waals surface area contributed by atoms with Crippen molar-refractivity contribution in [2.45, 2.75) is 11.0 Å². The van der Waals surface area contributed by atoms with E-state index in [0.29, 0.717) is 0 Å². The Morgan fingerprint density at radius 3 is 2.55 bits per heavy atom. The maximum atomic E-state index is 11.8. The number of nitrogens with zero attached hydrogens (tertiary/aromatic N) is 1. The fourth-order valence-electron chi connectivity index (χ4n) is 1.39. The molecule has 0 saturated heterocycles. The first-order valence-electron chi connectivity index (χ1n) is 5.48. The Labute approximate surface area is 115 Å². The number of aromatic nitrogens is 1. The van der Waals surface area contributed by atoms with Gasteiger partial charge in [-0.15, -0.1) is 0 Å². The summed E-state index contributed by atoms with van der Waals surface area (Å²) >= 11 is 0. The van der Waals surface area contributed by atoms with Crippen LogP contribution in [0.15, 0.2) is 17.2 Å². The molecule has 1 aromatic rings. The van der Waals surface area contributed by atoms with Crippen LogP contribution in [0.4, 0.5) is 0 Å². The Kier molecular flexibility index (Phi) is 4.87. The molecule has 1 aromatic heterocycles. The fraction of sp³-hybridized carbons (Fsp3) is 0.400. The number of sulfonamides is 1. The molecular formula is C10H15N3O6S. The SMILES string of the molecule is CNS(=O)(=O)c1cc(C(=O)NCC(O)C(=O)O)n(C)c1. The van der Waals surface area contributed by atoms with Crippen LogP contribution in [0.5, 0.6) is 0 Å². The topological polar surface area (TPSA) is 138 Å². The molecule has 1 atom stereocenters. The number of aryl methyl sites for hydroxylation is 1. The number of hydrogen-bond acceptors (Lipinski definition) is 5. The van der Waals surface area contributed by atoms with E-state index in [0.717, 1.165) is 6.07 Å². The first kappa shape index (κ1) is 16.1. The molecule has 0 saturated carbocycles. The lowest BCUT2D eigenvalue weighted by Crippen LogP contribution is -2.37. The van der Waals surface area contributed by atoms with Crippen molar-refractivity contribution in [2.75, 3.05) is 13.6 Å². The van der Waals surface area contributed by atoms with E-state index in [1.165, 1.54) is 24.9 Å². The van der Waals surface area contributed by atoms with Gasteiger partial charge in [-0.25, -0.2) is 17.9 Å². The van der Waals surface area contributed by atoms with Crippen molar-refractivity contribution in [3.63, 3.8) is 0 Å². The van der Waals surface area contributed by atoms with Crippen molar-refractivity contribution < 1.29 is 28.2 Å². The number of carboxylic acids is 1. The van der Waals surface area contributed by atoms with Crippen molar-refractivity contribution in [3.8, 4) is 0 Å². The van der Waals surface area contributed by atoms with E-state index in [9.17, 15) is 18.0 Å². The third-order valence-electron chi connectivity index (χ3n) is 2.53. The number of nitrogens with one attached hydrogen (secondary N) is 2. The summed E-state index contributed by atoms with van der Waals surface area (Å²) in [5.74, 6) is -2.15. The minimum Gasteiger partial charge on any atom is -0.479 e. The zero-order valence-electron chi connectivity index (χ0n) is 10.8. The number of hydrogen-bond donors (Lipinski definition) is 4. The van der Waals surface area contributed by atoms with Gasteiger partial charge in [0.15, 0.2) is 6.10 Å². The molecule has 0 radical (unpaired) electrons. The van der Waals surface area contributed by atoms with Crippen molar-refractivity contribution in [1.82, 2.24) is 14.6 Å². The standard InChI is InChI=1S/C10H15N3O6S/c1-11-20(18,19)6-3-7(13(2)5-6)9(15)12-4-8(14)10(16)17/h3,5,8,11,14H,4H2,1-2H3,(H,12,15)(H,16,17). The van der Waals surface area contributed by atoms with Gasteiger partial charge in [0, 0.05) is 13.2 Å². The number of aliphatic hydroxyl groups excluding tert-OH is 1. The maximum Gasteiger partial charge on any atom is 0.334 e. The fourth-order valence-corrected chi connectivity index (χ4v) is 2.19. The summed E-state index contributed by atoms with van der Waals surface area (Å²) in [6, 6.07) is 1.15. The molecule has 0 aromatic carbocycles. The molecular weight excluding hydrogens is 290 g/mol. The second-order valence-electron chi connectivity index (χ2n) is 3.94. The molecule has 0 fully saturated rings.